The fourth-order valence-electron chi connectivity index (χ4n) is 3.33. The summed E-state index contributed by atoms with van der Waals surface area (Å²) in [5.41, 5.74) is 1.82. The lowest BCUT2D eigenvalue weighted by Gasteiger charge is -2.39. The highest BCUT2D eigenvalue weighted by atomic mass is 16.5. The van der Waals surface area contributed by atoms with Crippen molar-refractivity contribution in [2.24, 2.45) is 0 Å². The largest absolute Gasteiger partial charge is 0.496 e. The molecule has 0 atom stereocenters. The van der Waals surface area contributed by atoms with Gasteiger partial charge in [-0.05, 0) is 36.8 Å². The number of likely N-dealkylation sites (tertiary alicyclic amines) is 1. The summed E-state index contributed by atoms with van der Waals surface area (Å²) in [7, 11) is 1.68. The van der Waals surface area contributed by atoms with Gasteiger partial charge in [0, 0.05) is 31.5 Å². The molecule has 4 nitrogen and oxygen atoms in total. The standard InChI is InChI=1S/C22H25NO3/c1-4-21(24)23-14-12-22(2,13-15-23)26-18-9-7-8-17(16-18)19-10-5-6-11-20(19)25-3/h4-11,16H,1,12-15H2,2-3H3. The molecule has 3 rings (SSSR count). The number of amides is 1. The van der Waals surface area contributed by atoms with E-state index >= 15 is 0 Å². The zero-order valence-corrected chi connectivity index (χ0v) is 15.4. The average molecular weight is 351 g/mol. The minimum absolute atomic E-state index is 0.00906. The van der Waals surface area contributed by atoms with Crippen molar-refractivity contribution in [2.75, 3.05) is 20.2 Å². The first-order valence-electron chi connectivity index (χ1n) is 8.88. The summed E-state index contributed by atoms with van der Waals surface area (Å²) in [5.74, 6) is 1.66. The monoisotopic (exact) mass is 351 g/mol. The van der Waals surface area contributed by atoms with E-state index in [1.807, 2.05) is 47.4 Å². The molecule has 0 N–H and O–H groups in total. The maximum absolute atomic E-state index is 11.8. The maximum atomic E-state index is 11.8. The Labute approximate surface area is 155 Å². The number of para-hydroxylation sites is 1. The lowest BCUT2D eigenvalue weighted by atomic mass is 9.93. The normalized spacial score (nSPS) is 16.0. The molecule has 26 heavy (non-hydrogen) atoms. The molecule has 1 saturated heterocycles. The SMILES string of the molecule is C=CC(=O)N1CCC(C)(Oc2cccc(-c3ccccc3OC)c2)CC1. The summed E-state index contributed by atoms with van der Waals surface area (Å²) in [6.07, 6.45) is 2.97. The summed E-state index contributed by atoms with van der Waals surface area (Å²) >= 11 is 0. The van der Waals surface area contributed by atoms with Crippen LogP contribution in [0.15, 0.2) is 61.2 Å². The Kier molecular flexibility index (Phi) is 5.31. The van der Waals surface area contributed by atoms with Crippen molar-refractivity contribution in [1.82, 2.24) is 4.90 Å². The average Bonchev–Trinajstić information content (AvgIpc) is 2.68. The second-order valence-corrected chi connectivity index (χ2v) is 6.81. The highest BCUT2D eigenvalue weighted by Gasteiger charge is 2.33. The zero-order valence-electron chi connectivity index (χ0n) is 15.4. The second kappa shape index (κ2) is 7.65. The predicted octanol–water partition coefficient (Wildman–Crippen LogP) is 4.31. The molecule has 0 radical (unpaired) electrons. The molecule has 1 aliphatic heterocycles. The number of benzene rings is 2. The lowest BCUT2D eigenvalue weighted by molar-refractivity contribution is -0.129. The molecule has 1 fully saturated rings. The van der Waals surface area contributed by atoms with Crippen LogP contribution < -0.4 is 9.47 Å². The van der Waals surface area contributed by atoms with E-state index < -0.39 is 0 Å². The van der Waals surface area contributed by atoms with Gasteiger partial charge in [-0.1, -0.05) is 36.9 Å². The Morgan fingerprint density at radius 1 is 1.15 bits per heavy atom. The maximum Gasteiger partial charge on any atom is 0.245 e. The van der Waals surface area contributed by atoms with Gasteiger partial charge in [0.25, 0.3) is 0 Å². The minimum Gasteiger partial charge on any atom is -0.496 e. The van der Waals surface area contributed by atoms with Crippen LogP contribution in [0.5, 0.6) is 11.5 Å². The van der Waals surface area contributed by atoms with E-state index in [0.717, 1.165) is 35.5 Å². The highest BCUT2D eigenvalue weighted by Crippen LogP contribution is 2.34. The molecule has 0 saturated carbocycles. The van der Waals surface area contributed by atoms with Crippen LogP contribution in [-0.2, 0) is 4.79 Å². The third kappa shape index (κ3) is 3.90. The van der Waals surface area contributed by atoms with Crippen molar-refractivity contribution < 1.29 is 14.3 Å². The smallest absolute Gasteiger partial charge is 0.245 e. The number of nitrogens with zero attached hydrogens (tertiary/aromatic N) is 1. The first-order valence-corrected chi connectivity index (χ1v) is 8.88. The van der Waals surface area contributed by atoms with Crippen molar-refractivity contribution in [3.63, 3.8) is 0 Å². The summed E-state index contributed by atoms with van der Waals surface area (Å²) in [6.45, 7) is 7.05. The van der Waals surface area contributed by atoms with E-state index in [-0.39, 0.29) is 11.5 Å². The molecule has 2 aromatic carbocycles. The van der Waals surface area contributed by atoms with Crippen molar-refractivity contribution in [3.05, 3.63) is 61.2 Å². The Morgan fingerprint density at radius 3 is 2.58 bits per heavy atom. The summed E-state index contributed by atoms with van der Waals surface area (Å²) < 4.78 is 11.8. The Bertz CT molecular complexity index is 791. The Morgan fingerprint density at radius 2 is 1.88 bits per heavy atom. The molecule has 1 heterocycles. The summed E-state index contributed by atoms with van der Waals surface area (Å²) in [6, 6.07) is 16.0. The van der Waals surface area contributed by atoms with Crippen LogP contribution in [0.4, 0.5) is 0 Å². The van der Waals surface area contributed by atoms with Crippen LogP contribution >= 0.6 is 0 Å². The van der Waals surface area contributed by atoms with Gasteiger partial charge in [-0.25, -0.2) is 0 Å². The number of hydrogen-bond donors (Lipinski definition) is 0. The minimum atomic E-state index is -0.280. The molecular weight excluding hydrogens is 326 g/mol. The fourth-order valence-corrected chi connectivity index (χ4v) is 3.33. The summed E-state index contributed by atoms with van der Waals surface area (Å²) in [4.78, 5) is 13.6. The molecule has 136 valence electrons. The quantitative estimate of drug-likeness (QED) is 0.754. The first kappa shape index (κ1) is 18.1. The number of methoxy groups -OCH3 is 1. The van der Waals surface area contributed by atoms with Gasteiger partial charge in [0.15, 0.2) is 0 Å². The zero-order chi connectivity index (χ0) is 18.6. The van der Waals surface area contributed by atoms with Gasteiger partial charge in [-0.2, -0.15) is 0 Å². The van der Waals surface area contributed by atoms with E-state index in [2.05, 4.69) is 19.6 Å². The van der Waals surface area contributed by atoms with Crippen molar-refractivity contribution in [1.29, 1.82) is 0 Å². The molecule has 1 amide bonds. The van der Waals surface area contributed by atoms with Crippen molar-refractivity contribution >= 4 is 5.91 Å². The third-order valence-corrected chi connectivity index (χ3v) is 4.92. The van der Waals surface area contributed by atoms with E-state index in [4.69, 9.17) is 9.47 Å². The predicted molar refractivity (Wildman–Crippen MR) is 103 cm³/mol. The molecule has 1 aliphatic rings. The van der Waals surface area contributed by atoms with E-state index in [1.165, 1.54) is 6.08 Å². The molecule has 0 spiro atoms. The second-order valence-electron chi connectivity index (χ2n) is 6.81. The molecule has 0 unspecified atom stereocenters. The molecule has 0 aliphatic carbocycles. The molecular formula is C22H25NO3. The van der Waals surface area contributed by atoms with Crippen molar-refractivity contribution in [3.8, 4) is 22.6 Å². The van der Waals surface area contributed by atoms with Crippen LogP contribution in [0.25, 0.3) is 11.1 Å². The van der Waals surface area contributed by atoms with Gasteiger partial charge in [0.2, 0.25) is 5.91 Å². The van der Waals surface area contributed by atoms with Crippen LogP contribution in [-0.4, -0.2) is 36.6 Å². The number of hydrogen-bond acceptors (Lipinski definition) is 3. The van der Waals surface area contributed by atoms with Crippen LogP contribution in [0.3, 0.4) is 0 Å². The van der Waals surface area contributed by atoms with Crippen LogP contribution in [0, 0.1) is 0 Å². The van der Waals surface area contributed by atoms with Crippen LogP contribution in [0.1, 0.15) is 19.8 Å². The third-order valence-electron chi connectivity index (χ3n) is 4.92. The number of piperidine rings is 1. The number of ether oxygens (including phenoxy) is 2. The first-order chi connectivity index (χ1) is 12.5. The lowest BCUT2D eigenvalue weighted by Crippen LogP contribution is -2.47. The molecule has 0 aromatic heterocycles. The van der Waals surface area contributed by atoms with Gasteiger partial charge in [0.05, 0.1) is 7.11 Å². The van der Waals surface area contributed by atoms with Gasteiger partial charge < -0.3 is 14.4 Å². The Balaban J connectivity index is 1.75. The highest BCUT2D eigenvalue weighted by molar-refractivity contribution is 5.87. The summed E-state index contributed by atoms with van der Waals surface area (Å²) in [5, 5.41) is 0. The van der Waals surface area contributed by atoms with E-state index in [1.54, 1.807) is 7.11 Å². The van der Waals surface area contributed by atoms with E-state index in [0.29, 0.717) is 13.1 Å². The number of carbonyl (C=O) groups is 1. The topological polar surface area (TPSA) is 38.8 Å². The van der Waals surface area contributed by atoms with E-state index in [9.17, 15) is 4.79 Å². The molecule has 4 heteroatoms. The van der Waals surface area contributed by atoms with Gasteiger partial charge in [0.1, 0.15) is 17.1 Å². The molecule has 2 aromatic rings. The van der Waals surface area contributed by atoms with Crippen molar-refractivity contribution in [2.45, 2.75) is 25.4 Å². The van der Waals surface area contributed by atoms with Gasteiger partial charge >= 0.3 is 0 Å². The van der Waals surface area contributed by atoms with Gasteiger partial charge in [-0.15, -0.1) is 0 Å². The fraction of sp³-hybridized carbons (Fsp3) is 0.318. The molecule has 0 bridgehead atoms. The van der Waals surface area contributed by atoms with Crippen LogP contribution in [0.2, 0.25) is 0 Å². The number of carbonyl (C=O) groups excluding carboxylic acids is 1. The number of rotatable bonds is 5. The van der Waals surface area contributed by atoms with Gasteiger partial charge in [-0.3, -0.25) is 4.79 Å². The Hall–Kier alpha value is -2.75.